The Labute approximate surface area is 127 Å². The van der Waals surface area contributed by atoms with Gasteiger partial charge in [0.1, 0.15) is 6.04 Å². The number of rotatable bonds is 6. The monoisotopic (exact) mass is 304 g/mol. The fraction of sp³-hybridized carbons (Fsp3) is 0.333. The quantitative estimate of drug-likeness (QED) is 0.451. The second-order valence-corrected chi connectivity index (χ2v) is 4.85. The molecule has 0 spiro atoms. The maximum Gasteiger partial charge on any atom is 0.326 e. The number of carboxylic acids is 1. The summed E-state index contributed by atoms with van der Waals surface area (Å²) in [5.74, 6) is -0.326. The average Bonchev–Trinajstić information content (AvgIpc) is 3.02. The van der Waals surface area contributed by atoms with E-state index in [9.17, 15) is 14.4 Å². The Balaban J connectivity index is 1.92. The molecule has 1 atom stereocenters. The van der Waals surface area contributed by atoms with Gasteiger partial charge in [-0.05, 0) is 18.4 Å². The van der Waals surface area contributed by atoms with E-state index in [4.69, 9.17) is 9.94 Å². The van der Waals surface area contributed by atoms with Crippen LogP contribution < -0.4 is 5.48 Å². The third-order valence-corrected chi connectivity index (χ3v) is 3.37. The number of hydrogen-bond acceptors (Lipinski definition) is 5. The van der Waals surface area contributed by atoms with Gasteiger partial charge in [0.25, 0.3) is 5.91 Å². The van der Waals surface area contributed by atoms with E-state index in [1.54, 1.807) is 0 Å². The number of amides is 1. The number of hydrogen-bond donors (Lipinski definition) is 2. The number of carbonyl (C=O) groups is 2. The highest BCUT2D eigenvalue weighted by Gasteiger charge is 2.35. The molecular weight excluding hydrogens is 288 g/mol. The molecule has 1 amide bonds. The van der Waals surface area contributed by atoms with Crippen LogP contribution in [0.3, 0.4) is 0 Å². The minimum atomic E-state index is -1.08. The minimum absolute atomic E-state index is 0.154. The molecule has 1 aliphatic rings. The molecule has 0 bridgehead atoms. The SMILES string of the molecule is O=C=C(NOCc1ccccc1)C(=O)N1CCC[C@H]1C(=O)O. The fourth-order valence-corrected chi connectivity index (χ4v) is 2.28. The highest BCUT2D eigenvalue weighted by molar-refractivity contribution is 6.01. The molecule has 1 fully saturated rings. The van der Waals surface area contributed by atoms with Gasteiger partial charge in [0, 0.05) is 6.54 Å². The van der Waals surface area contributed by atoms with Crippen molar-refractivity contribution in [2.45, 2.75) is 25.5 Å². The first kappa shape index (κ1) is 15.8. The summed E-state index contributed by atoms with van der Waals surface area (Å²) in [6.45, 7) is 0.447. The molecule has 0 radical (unpaired) electrons. The van der Waals surface area contributed by atoms with E-state index in [1.165, 1.54) is 5.94 Å². The third-order valence-electron chi connectivity index (χ3n) is 3.37. The summed E-state index contributed by atoms with van der Waals surface area (Å²) in [6.07, 6.45) is 0.956. The molecular formula is C15H16N2O5. The normalized spacial score (nSPS) is 16.9. The Hall–Kier alpha value is -2.63. The van der Waals surface area contributed by atoms with E-state index in [0.29, 0.717) is 19.4 Å². The summed E-state index contributed by atoms with van der Waals surface area (Å²) in [7, 11) is 0. The number of nitrogens with one attached hydrogen (secondary N) is 1. The van der Waals surface area contributed by atoms with E-state index in [2.05, 4.69) is 5.48 Å². The summed E-state index contributed by atoms with van der Waals surface area (Å²) in [6, 6.07) is 8.27. The Morgan fingerprint density at radius 1 is 1.36 bits per heavy atom. The van der Waals surface area contributed by atoms with Gasteiger partial charge >= 0.3 is 5.97 Å². The number of benzene rings is 1. The first-order valence-corrected chi connectivity index (χ1v) is 6.84. The molecule has 0 saturated carbocycles. The van der Waals surface area contributed by atoms with Crippen LogP contribution >= 0.6 is 0 Å². The van der Waals surface area contributed by atoms with Crippen LogP contribution in [0.25, 0.3) is 0 Å². The van der Waals surface area contributed by atoms with Crippen LogP contribution in [0.2, 0.25) is 0 Å². The predicted octanol–water partition coefficient (Wildman–Crippen LogP) is 0.499. The largest absolute Gasteiger partial charge is 0.480 e. The molecule has 116 valence electrons. The standard InChI is InChI=1S/C15H16N2O5/c18-9-12(16-22-10-11-5-2-1-3-6-11)14(19)17-8-4-7-13(17)15(20)21/h1-3,5-6,13,16H,4,7-8,10H2,(H,20,21)/t13-/m0/s1. The lowest BCUT2D eigenvalue weighted by Gasteiger charge is -2.21. The number of aliphatic carboxylic acids is 1. The molecule has 7 nitrogen and oxygen atoms in total. The number of carbonyl (C=O) groups excluding carboxylic acids is 2. The van der Waals surface area contributed by atoms with E-state index in [0.717, 1.165) is 10.5 Å². The van der Waals surface area contributed by atoms with Gasteiger partial charge in [-0.2, -0.15) is 0 Å². The van der Waals surface area contributed by atoms with Crippen molar-refractivity contribution in [2.75, 3.05) is 6.54 Å². The Kier molecular flexibility index (Phi) is 5.30. The first-order chi connectivity index (χ1) is 10.6. The van der Waals surface area contributed by atoms with Crippen molar-refractivity contribution in [3.8, 4) is 0 Å². The molecule has 1 aromatic rings. The van der Waals surface area contributed by atoms with Crippen LogP contribution in [0.4, 0.5) is 0 Å². The maximum absolute atomic E-state index is 12.2. The van der Waals surface area contributed by atoms with Gasteiger partial charge in [0.15, 0.2) is 5.94 Å². The molecule has 1 aromatic carbocycles. The van der Waals surface area contributed by atoms with E-state index < -0.39 is 23.6 Å². The van der Waals surface area contributed by atoms with Crippen LogP contribution in [0, 0.1) is 0 Å². The molecule has 2 N–H and O–H groups in total. The molecule has 1 heterocycles. The van der Waals surface area contributed by atoms with Crippen LogP contribution in [0.15, 0.2) is 36.0 Å². The van der Waals surface area contributed by atoms with Gasteiger partial charge in [0.05, 0.1) is 6.61 Å². The summed E-state index contributed by atoms with van der Waals surface area (Å²) in [5.41, 5.74) is 2.69. The highest BCUT2D eigenvalue weighted by Crippen LogP contribution is 2.18. The number of nitrogens with zero attached hydrogens (tertiary/aromatic N) is 1. The zero-order valence-corrected chi connectivity index (χ0v) is 11.8. The second kappa shape index (κ2) is 7.40. The molecule has 7 heteroatoms. The van der Waals surface area contributed by atoms with Gasteiger partial charge < -0.3 is 10.0 Å². The molecule has 0 aliphatic carbocycles. The Bertz CT molecular complexity index is 595. The molecule has 0 unspecified atom stereocenters. The third kappa shape index (κ3) is 3.72. The van der Waals surface area contributed by atoms with Gasteiger partial charge in [-0.1, -0.05) is 30.3 Å². The zero-order chi connectivity index (χ0) is 15.9. The summed E-state index contributed by atoms with van der Waals surface area (Å²) in [5, 5.41) is 9.06. The van der Waals surface area contributed by atoms with Crippen molar-refractivity contribution in [1.29, 1.82) is 0 Å². The van der Waals surface area contributed by atoms with Crippen molar-refractivity contribution in [3.63, 3.8) is 0 Å². The smallest absolute Gasteiger partial charge is 0.326 e. The Morgan fingerprint density at radius 2 is 2.09 bits per heavy atom. The fourth-order valence-electron chi connectivity index (χ4n) is 2.28. The van der Waals surface area contributed by atoms with Gasteiger partial charge in [-0.25, -0.2) is 9.59 Å². The molecule has 0 aromatic heterocycles. The van der Waals surface area contributed by atoms with Crippen molar-refractivity contribution in [3.05, 3.63) is 41.6 Å². The van der Waals surface area contributed by atoms with Crippen molar-refractivity contribution in [2.24, 2.45) is 0 Å². The highest BCUT2D eigenvalue weighted by atomic mass is 16.6. The van der Waals surface area contributed by atoms with E-state index in [1.807, 2.05) is 30.3 Å². The lowest BCUT2D eigenvalue weighted by molar-refractivity contribution is -0.147. The molecule has 1 aliphatic heterocycles. The van der Waals surface area contributed by atoms with E-state index >= 15 is 0 Å². The molecule has 22 heavy (non-hydrogen) atoms. The topological polar surface area (TPSA) is 95.9 Å². The minimum Gasteiger partial charge on any atom is -0.480 e. The molecule has 2 rings (SSSR count). The van der Waals surface area contributed by atoms with Crippen molar-refractivity contribution in [1.82, 2.24) is 10.4 Å². The first-order valence-electron chi connectivity index (χ1n) is 6.84. The van der Waals surface area contributed by atoms with Crippen LogP contribution in [0.1, 0.15) is 18.4 Å². The number of likely N-dealkylation sites (tertiary alicyclic amines) is 1. The average molecular weight is 304 g/mol. The lowest BCUT2D eigenvalue weighted by atomic mass is 10.2. The van der Waals surface area contributed by atoms with Crippen LogP contribution in [-0.2, 0) is 25.8 Å². The summed E-state index contributed by atoms with van der Waals surface area (Å²) >= 11 is 0. The number of carboxylic acid groups (broad SMARTS) is 1. The summed E-state index contributed by atoms with van der Waals surface area (Å²) < 4.78 is 0. The van der Waals surface area contributed by atoms with Gasteiger partial charge in [-0.15, -0.1) is 0 Å². The van der Waals surface area contributed by atoms with Gasteiger partial charge in [-0.3, -0.25) is 15.1 Å². The Morgan fingerprint density at radius 3 is 2.73 bits per heavy atom. The molecule has 1 saturated heterocycles. The van der Waals surface area contributed by atoms with Crippen molar-refractivity contribution < 1.29 is 24.3 Å². The zero-order valence-electron chi connectivity index (χ0n) is 11.8. The van der Waals surface area contributed by atoms with Crippen LogP contribution in [0.5, 0.6) is 0 Å². The van der Waals surface area contributed by atoms with Crippen molar-refractivity contribution >= 4 is 17.8 Å². The van der Waals surface area contributed by atoms with Gasteiger partial charge in [0.2, 0.25) is 5.70 Å². The predicted molar refractivity (Wildman–Crippen MR) is 75.9 cm³/mol. The van der Waals surface area contributed by atoms with E-state index in [-0.39, 0.29) is 6.61 Å². The number of hydroxylamine groups is 1. The second-order valence-electron chi connectivity index (χ2n) is 4.85. The lowest BCUT2D eigenvalue weighted by Crippen LogP contribution is -2.43. The van der Waals surface area contributed by atoms with Crippen LogP contribution in [-0.4, -0.2) is 40.4 Å². The summed E-state index contributed by atoms with van der Waals surface area (Å²) in [4.78, 5) is 40.4. The maximum atomic E-state index is 12.2.